The fourth-order valence-corrected chi connectivity index (χ4v) is 2.84. The van der Waals surface area contributed by atoms with E-state index in [1.54, 1.807) is 18.0 Å². The van der Waals surface area contributed by atoms with Crippen LogP contribution in [0.2, 0.25) is 0 Å². The number of nitrogens with two attached hydrogens (primary N) is 1. The number of nitrogens with zero attached hydrogens (tertiary/aromatic N) is 2. The number of carbonyl (C=O) groups excluding carboxylic acids is 1. The van der Waals surface area contributed by atoms with Gasteiger partial charge in [0.2, 0.25) is 6.79 Å². The van der Waals surface area contributed by atoms with Gasteiger partial charge >= 0.3 is 0 Å². The molecule has 2 aliphatic rings. The molecule has 26 heavy (non-hydrogen) atoms. The van der Waals surface area contributed by atoms with Crippen LogP contribution < -0.4 is 25.0 Å². The van der Waals surface area contributed by atoms with Gasteiger partial charge < -0.3 is 19.9 Å². The molecule has 2 aromatic rings. The molecule has 0 unspecified atom stereocenters. The average molecular weight is 351 g/mol. The van der Waals surface area contributed by atoms with Gasteiger partial charge in [0.1, 0.15) is 12.4 Å². The lowest BCUT2D eigenvalue weighted by Gasteiger charge is -2.27. The highest BCUT2D eigenvalue weighted by Crippen LogP contribution is 2.40. The number of fused-ring (bicyclic) bond motifs is 2. The minimum absolute atomic E-state index is 0.186. The Bertz CT molecular complexity index is 936. The van der Waals surface area contributed by atoms with E-state index >= 15 is 0 Å². The molecule has 0 bridgehead atoms. The molecular formula is C19H17N3O4. The number of carbonyl (C=O) groups is 1. The van der Waals surface area contributed by atoms with Gasteiger partial charge in [0.25, 0.3) is 0 Å². The van der Waals surface area contributed by atoms with Crippen LogP contribution in [0.1, 0.15) is 12.5 Å². The van der Waals surface area contributed by atoms with Crippen molar-refractivity contribution in [3.8, 4) is 17.2 Å². The van der Waals surface area contributed by atoms with E-state index in [-0.39, 0.29) is 6.79 Å². The van der Waals surface area contributed by atoms with Crippen LogP contribution in [0, 0.1) is 0 Å². The zero-order valence-electron chi connectivity index (χ0n) is 14.1. The standard InChI is InChI=1S/C19H17N3O4/c1-12(10-23)21-22(14-3-5-18-19(9-14)26-11-25-18)16-6-7-24-17-4-2-13(20)8-15(16)17/h2-6,8-10H,7,11,20H2,1H3/b21-12+. The second kappa shape index (κ2) is 6.44. The second-order valence-electron chi connectivity index (χ2n) is 5.86. The summed E-state index contributed by atoms with van der Waals surface area (Å²) in [6, 6.07) is 10.9. The topological polar surface area (TPSA) is 86.4 Å². The second-order valence-corrected chi connectivity index (χ2v) is 5.86. The van der Waals surface area contributed by atoms with Crippen LogP contribution in [0.25, 0.3) is 5.70 Å². The molecule has 0 fully saturated rings. The van der Waals surface area contributed by atoms with Crippen molar-refractivity contribution in [1.82, 2.24) is 0 Å². The molecule has 2 aromatic carbocycles. The fourth-order valence-electron chi connectivity index (χ4n) is 2.84. The van der Waals surface area contributed by atoms with E-state index in [1.165, 1.54) is 0 Å². The summed E-state index contributed by atoms with van der Waals surface area (Å²) in [6.45, 7) is 2.22. The summed E-state index contributed by atoms with van der Waals surface area (Å²) in [5.74, 6) is 2.02. The first-order chi connectivity index (χ1) is 12.7. The molecule has 0 spiro atoms. The smallest absolute Gasteiger partial charge is 0.231 e. The highest BCUT2D eigenvalue weighted by atomic mass is 16.7. The molecule has 2 aliphatic heterocycles. The molecular weight excluding hydrogens is 334 g/mol. The average Bonchev–Trinajstić information content (AvgIpc) is 3.13. The van der Waals surface area contributed by atoms with E-state index in [0.717, 1.165) is 16.9 Å². The molecule has 7 nitrogen and oxygen atoms in total. The van der Waals surface area contributed by atoms with E-state index in [9.17, 15) is 4.79 Å². The third-order valence-electron chi connectivity index (χ3n) is 4.05. The van der Waals surface area contributed by atoms with Crippen molar-refractivity contribution in [2.24, 2.45) is 5.10 Å². The van der Waals surface area contributed by atoms with Crippen LogP contribution in [0.5, 0.6) is 17.2 Å². The number of rotatable bonds is 4. The summed E-state index contributed by atoms with van der Waals surface area (Å²) in [5.41, 5.74) is 9.21. The summed E-state index contributed by atoms with van der Waals surface area (Å²) < 4.78 is 16.5. The lowest BCUT2D eigenvalue weighted by atomic mass is 10.1. The number of ether oxygens (including phenoxy) is 3. The Kier molecular flexibility index (Phi) is 3.96. The Hall–Kier alpha value is -3.48. The number of nitrogen functional groups attached to an aromatic ring is 1. The molecule has 4 rings (SSSR count). The van der Waals surface area contributed by atoms with Crippen LogP contribution in [-0.2, 0) is 4.79 Å². The maximum Gasteiger partial charge on any atom is 0.231 e. The van der Waals surface area contributed by atoms with E-state index < -0.39 is 0 Å². The Morgan fingerprint density at radius 2 is 1.92 bits per heavy atom. The van der Waals surface area contributed by atoms with Crippen LogP contribution in [0.15, 0.2) is 47.6 Å². The first kappa shape index (κ1) is 16.0. The number of hydrazone groups is 1. The van der Waals surface area contributed by atoms with Crippen molar-refractivity contribution in [2.45, 2.75) is 6.92 Å². The minimum atomic E-state index is 0.186. The summed E-state index contributed by atoms with van der Waals surface area (Å²) in [7, 11) is 0. The SMILES string of the molecule is C/C(C=O)=N\N(C1=CCOc2ccc(N)cc21)c1ccc2c(c1)OCO2. The Morgan fingerprint density at radius 1 is 1.12 bits per heavy atom. The lowest BCUT2D eigenvalue weighted by Crippen LogP contribution is -2.21. The molecule has 0 amide bonds. The number of hydrogen-bond acceptors (Lipinski definition) is 7. The molecule has 2 heterocycles. The summed E-state index contributed by atoms with van der Waals surface area (Å²) >= 11 is 0. The minimum Gasteiger partial charge on any atom is -0.489 e. The third-order valence-corrected chi connectivity index (χ3v) is 4.05. The molecule has 0 saturated carbocycles. The molecule has 0 aromatic heterocycles. The van der Waals surface area contributed by atoms with Crippen molar-refractivity contribution >= 4 is 29.1 Å². The van der Waals surface area contributed by atoms with Gasteiger partial charge in [0, 0.05) is 17.3 Å². The van der Waals surface area contributed by atoms with Crippen LogP contribution in [-0.4, -0.2) is 25.4 Å². The maximum absolute atomic E-state index is 11.2. The maximum atomic E-state index is 11.2. The zero-order chi connectivity index (χ0) is 18.1. The number of hydrogen-bond donors (Lipinski definition) is 1. The van der Waals surface area contributed by atoms with Crippen molar-refractivity contribution in [2.75, 3.05) is 24.1 Å². The van der Waals surface area contributed by atoms with E-state index in [0.29, 0.717) is 41.5 Å². The number of benzene rings is 2. The highest BCUT2D eigenvalue weighted by molar-refractivity contribution is 6.27. The van der Waals surface area contributed by atoms with Gasteiger partial charge in [-0.3, -0.25) is 4.79 Å². The van der Waals surface area contributed by atoms with E-state index in [1.807, 2.05) is 36.4 Å². The van der Waals surface area contributed by atoms with Gasteiger partial charge in [0.15, 0.2) is 17.8 Å². The molecule has 7 heteroatoms. The van der Waals surface area contributed by atoms with Gasteiger partial charge in [0.05, 0.1) is 17.1 Å². The van der Waals surface area contributed by atoms with Crippen molar-refractivity contribution < 1.29 is 19.0 Å². The molecule has 0 saturated heterocycles. The normalized spacial score (nSPS) is 15.0. The Morgan fingerprint density at radius 3 is 2.77 bits per heavy atom. The van der Waals surface area contributed by atoms with E-state index in [4.69, 9.17) is 19.9 Å². The summed E-state index contributed by atoms with van der Waals surface area (Å²) in [4.78, 5) is 11.2. The zero-order valence-corrected chi connectivity index (χ0v) is 14.1. The third kappa shape index (κ3) is 2.83. The quantitative estimate of drug-likeness (QED) is 0.394. The monoisotopic (exact) mass is 351 g/mol. The number of anilines is 2. The van der Waals surface area contributed by atoms with Crippen LogP contribution >= 0.6 is 0 Å². The predicted octanol–water partition coefficient (Wildman–Crippen LogP) is 2.81. The van der Waals surface area contributed by atoms with Gasteiger partial charge in [-0.25, -0.2) is 5.01 Å². The largest absolute Gasteiger partial charge is 0.489 e. The first-order valence-corrected chi connectivity index (χ1v) is 8.09. The van der Waals surface area contributed by atoms with Crippen molar-refractivity contribution in [3.05, 3.63) is 48.0 Å². The van der Waals surface area contributed by atoms with Gasteiger partial charge in [-0.15, -0.1) is 0 Å². The Labute approximate surface area is 150 Å². The highest BCUT2D eigenvalue weighted by Gasteiger charge is 2.23. The molecule has 0 radical (unpaired) electrons. The first-order valence-electron chi connectivity index (χ1n) is 8.09. The van der Waals surface area contributed by atoms with Crippen LogP contribution in [0.3, 0.4) is 0 Å². The fraction of sp³-hybridized carbons (Fsp3) is 0.158. The van der Waals surface area contributed by atoms with Gasteiger partial charge in [-0.05, 0) is 43.3 Å². The molecule has 132 valence electrons. The summed E-state index contributed by atoms with van der Waals surface area (Å²) in [6.07, 6.45) is 2.61. The van der Waals surface area contributed by atoms with Crippen LogP contribution in [0.4, 0.5) is 11.4 Å². The lowest BCUT2D eigenvalue weighted by molar-refractivity contribution is -0.102. The predicted molar refractivity (Wildman–Crippen MR) is 98.5 cm³/mol. The summed E-state index contributed by atoms with van der Waals surface area (Å²) in [5, 5.41) is 6.15. The van der Waals surface area contributed by atoms with E-state index in [2.05, 4.69) is 5.10 Å². The molecule has 0 atom stereocenters. The van der Waals surface area contributed by atoms with Gasteiger partial charge in [-0.2, -0.15) is 5.10 Å². The molecule has 0 aliphatic carbocycles. The van der Waals surface area contributed by atoms with Crippen molar-refractivity contribution in [1.29, 1.82) is 0 Å². The molecule has 2 N–H and O–H groups in total. The Balaban J connectivity index is 1.84. The van der Waals surface area contributed by atoms with Crippen molar-refractivity contribution in [3.63, 3.8) is 0 Å². The van der Waals surface area contributed by atoms with Gasteiger partial charge in [-0.1, -0.05) is 0 Å². The number of aldehydes is 1.